The highest BCUT2D eigenvalue weighted by Gasteiger charge is 2.08. The van der Waals surface area contributed by atoms with Crippen LogP contribution in [0.4, 0.5) is 0 Å². The van der Waals surface area contributed by atoms with Gasteiger partial charge in [0, 0.05) is 6.04 Å². The van der Waals surface area contributed by atoms with Gasteiger partial charge in [-0.25, -0.2) is 0 Å². The Hall–Kier alpha value is -0.340. The normalized spacial score (nSPS) is 12.7. The highest BCUT2D eigenvalue weighted by Crippen LogP contribution is 2.14. The highest BCUT2D eigenvalue weighted by molar-refractivity contribution is 7.07. The van der Waals surface area contributed by atoms with Crippen LogP contribution in [0.5, 0.6) is 0 Å². The van der Waals surface area contributed by atoms with Crippen molar-refractivity contribution < 1.29 is 0 Å². The van der Waals surface area contributed by atoms with Gasteiger partial charge in [-0.15, -0.1) is 0 Å². The molecule has 0 fully saturated rings. The van der Waals surface area contributed by atoms with Crippen LogP contribution in [0.15, 0.2) is 16.8 Å². The maximum atomic E-state index is 3.74. The second-order valence-electron chi connectivity index (χ2n) is 5.88. The molecule has 0 bridgehead atoms. The first kappa shape index (κ1) is 17.7. The van der Waals surface area contributed by atoms with E-state index in [-0.39, 0.29) is 0 Å². The minimum absolute atomic E-state index is 0.723. The number of hydrogen-bond donors (Lipinski definition) is 1. The molecule has 0 aliphatic heterocycles. The Morgan fingerprint density at radius 3 is 2.50 bits per heavy atom. The summed E-state index contributed by atoms with van der Waals surface area (Å²) in [5.74, 6) is 0. The Labute approximate surface area is 130 Å². The van der Waals surface area contributed by atoms with Gasteiger partial charge in [-0.05, 0) is 54.6 Å². The summed E-state index contributed by atoms with van der Waals surface area (Å²) in [6.45, 7) is 5.72. The van der Waals surface area contributed by atoms with Gasteiger partial charge in [0.05, 0.1) is 0 Å². The molecule has 1 aromatic heterocycles. The fraction of sp³-hybridized carbons (Fsp3) is 0.778. The zero-order valence-corrected chi connectivity index (χ0v) is 14.3. The fourth-order valence-electron chi connectivity index (χ4n) is 2.64. The van der Waals surface area contributed by atoms with E-state index in [1.807, 2.05) is 11.3 Å². The van der Waals surface area contributed by atoms with Crippen molar-refractivity contribution in [2.75, 3.05) is 6.54 Å². The first-order valence-corrected chi connectivity index (χ1v) is 9.55. The summed E-state index contributed by atoms with van der Waals surface area (Å²) < 4.78 is 0. The monoisotopic (exact) mass is 295 g/mol. The first-order valence-electron chi connectivity index (χ1n) is 8.61. The molecule has 0 aromatic carbocycles. The molecule has 1 aromatic rings. The van der Waals surface area contributed by atoms with Crippen molar-refractivity contribution in [3.8, 4) is 0 Å². The lowest BCUT2D eigenvalue weighted by Gasteiger charge is -2.18. The molecule has 20 heavy (non-hydrogen) atoms. The van der Waals surface area contributed by atoms with E-state index in [0.29, 0.717) is 0 Å². The van der Waals surface area contributed by atoms with Crippen molar-refractivity contribution in [2.24, 2.45) is 0 Å². The second-order valence-corrected chi connectivity index (χ2v) is 6.66. The van der Waals surface area contributed by atoms with E-state index in [0.717, 1.165) is 6.04 Å². The van der Waals surface area contributed by atoms with Gasteiger partial charge >= 0.3 is 0 Å². The first-order chi connectivity index (χ1) is 9.86. The summed E-state index contributed by atoms with van der Waals surface area (Å²) in [6, 6.07) is 2.99. The smallest absolute Gasteiger partial charge is 0.00702 e. The minimum Gasteiger partial charge on any atom is -0.314 e. The van der Waals surface area contributed by atoms with Crippen LogP contribution in [0.1, 0.15) is 77.2 Å². The third-order valence-electron chi connectivity index (χ3n) is 3.95. The van der Waals surface area contributed by atoms with Crippen LogP contribution in [0, 0.1) is 0 Å². The van der Waals surface area contributed by atoms with Gasteiger partial charge in [-0.2, -0.15) is 11.3 Å². The lowest BCUT2D eigenvalue weighted by atomic mass is 10.0. The molecule has 0 aliphatic rings. The zero-order valence-electron chi connectivity index (χ0n) is 13.5. The lowest BCUT2D eigenvalue weighted by molar-refractivity contribution is 0.430. The van der Waals surface area contributed by atoms with Crippen molar-refractivity contribution in [1.82, 2.24) is 5.32 Å². The van der Waals surface area contributed by atoms with Crippen molar-refractivity contribution in [2.45, 2.75) is 84.1 Å². The number of unbranched alkanes of at least 4 members (excludes halogenated alkanes) is 5. The quantitative estimate of drug-likeness (QED) is 0.453. The Bertz CT molecular complexity index is 294. The molecule has 0 spiro atoms. The van der Waals surface area contributed by atoms with Crippen LogP contribution < -0.4 is 5.32 Å². The molecule has 0 amide bonds. The van der Waals surface area contributed by atoms with E-state index in [1.54, 1.807) is 0 Å². The molecular weight excluding hydrogens is 262 g/mol. The summed E-state index contributed by atoms with van der Waals surface area (Å²) in [6.07, 6.45) is 13.6. The number of thiophene rings is 1. The van der Waals surface area contributed by atoms with Gasteiger partial charge in [0.15, 0.2) is 0 Å². The van der Waals surface area contributed by atoms with E-state index < -0.39 is 0 Å². The van der Waals surface area contributed by atoms with Gasteiger partial charge in [0.2, 0.25) is 0 Å². The molecule has 1 atom stereocenters. The summed E-state index contributed by atoms with van der Waals surface area (Å²) in [5, 5.41) is 8.22. The fourth-order valence-corrected chi connectivity index (χ4v) is 3.35. The topological polar surface area (TPSA) is 12.0 Å². The van der Waals surface area contributed by atoms with Crippen molar-refractivity contribution in [3.05, 3.63) is 22.4 Å². The van der Waals surface area contributed by atoms with E-state index in [2.05, 4.69) is 36.0 Å². The number of nitrogens with one attached hydrogen (secondary N) is 1. The molecule has 0 saturated carbocycles. The molecular formula is C18H33NS. The van der Waals surface area contributed by atoms with E-state index in [9.17, 15) is 0 Å². The highest BCUT2D eigenvalue weighted by atomic mass is 32.1. The van der Waals surface area contributed by atoms with Crippen LogP contribution in [0.2, 0.25) is 0 Å². The van der Waals surface area contributed by atoms with Crippen molar-refractivity contribution in [3.63, 3.8) is 0 Å². The summed E-state index contributed by atoms with van der Waals surface area (Å²) in [5.41, 5.74) is 1.52. The Balaban J connectivity index is 2.14. The average molecular weight is 296 g/mol. The predicted molar refractivity (Wildman–Crippen MR) is 92.7 cm³/mol. The maximum absolute atomic E-state index is 3.74. The molecule has 1 nitrogen and oxygen atoms in total. The standard InChI is InChI=1S/C18H33NS/c1-3-5-6-7-8-9-10-18(19-14-4-2)12-11-17-13-15-20-16-17/h13,15-16,18-19H,3-12,14H2,1-2H3. The van der Waals surface area contributed by atoms with Gasteiger partial charge in [0.1, 0.15) is 0 Å². The largest absolute Gasteiger partial charge is 0.314 e. The molecule has 1 rings (SSSR count). The zero-order chi connectivity index (χ0) is 14.5. The Morgan fingerprint density at radius 1 is 1.00 bits per heavy atom. The minimum atomic E-state index is 0.723. The van der Waals surface area contributed by atoms with Crippen LogP contribution in [-0.4, -0.2) is 12.6 Å². The van der Waals surface area contributed by atoms with Crippen LogP contribution in [0.3, 0.4) is 0 Å². The molecule has 1 unspecified atom stereocenters. The number of aryl methyl sites for hydroxylation is 1. The van der Waals surface area contributed by atoms with Crippen molar-refractivity contribution in [1.29, 1.82) is 0 Å². The third kappa shape index (κ3) is 8.76. The van der Waals surface area contributed by atoms with Crippen molar-refractivity contribution >= 4 is 11.3 Å². The van der Waals surface area contributed by atoms with E-state index >= 15 is 0 Å². The van der Waals surface area contributed by atoms with Gasteiger partial charge < -0.3 is 5.32 Å². The van der Waals surface area contributed by atoms with Gasteiger partial charge in [-0.3, -0.25) is 0 Å². The summed E-state index contributed by atoms with van der Waals surface area (Å²) in [4.78, 5) is 0. The predicted octanol–water partition coefficient (Wildman–Crippen LogP) is 5.80. The molecule has 0 saturated heterocycles. The average Bonchev–Trinajstić information content (AvgIpc) is 2.98. The molecule has 116 valence electrons. The third-order valence-corrected chi connectivity index (χ3v) is 4.68. The van der Waals surface area contributed by atoms with Crippen LogP contribution >= 0.6 is 11.3 Å². The SMILES string of the molecule is CCCCCCCCC(CCc1ccsc1)NCCC. The number of hydrogen-bond acceptors (Lipinski definition) is 2. The van der Waals surface area contributed by atoms with E-state index in [1.165, 1.54) is 76.3 Å². The molecule has 0 radical (unpaired) electrons. The summed E-state index contributed by atoms with van der Waals surface area (Å²) >= 11 is 1.82. The van der Waals surface area contributed by atoms with Gasteiger partial charge in [0.25, 0.3) is 0 Å². The molecule has 1 heterocycles. The molecule has 0 aliphatic carbocycles. The van der Waals surface area contributed by atoms with Crippen LogP contribution in [-0.2, 0) is 6.42 Å². The summed E-state index contributed by atoms with van der Waals surface area (Å²) in [7, 11) is 0. The number of rotatable bonds is 13. The van der Waals surface area contributed by atoms with E-state index in [4.69, 9.17) is 0 Å². The molecule has 1 N–H and O–H groups in total. The second kappa shape index (κ2) is 12.4. The Kier molecular flexibility index (Phi) is 11.0. The Morgan fingerprint density at radius 2 is 1.80 bits per heavy atom. The molecule has 2 heteroatoms. The van der Waals surface area contributed by atoms with Crippen LogP contribution in [0.25, 0.3) is 0 Å². The van der Waals surface area contributed by atoms with Gasteiger partial charge in [-0.1, -0.05) is 52.4 Å². The maximum Gasteiger partial charge on any atom is 0.00702 e. The lowest BCUT2D eigenvalue weighted by Crippen LogP contribution is -2.30.